The Morgan fingerprint density at radius 2 is 1.64 bits per heavy atom. The van der Waals surface area contributed by atoms with Crippen LogP contribution < -0.4 is 16.2 Å². The van der Waals surface area contributed by atoms with E-state index in [-0.39, 0.29) is 62.9 Å². The summed E-state index contributed by atoms with van der Waals surface area (Å²) >= 11 is 12.1. The maximum Gasteiger partial charge on any atom is 0.419 e. The number of amides is 2. The number of benzene rings is 3. The predicted octanol–water partition coefficient (Wildman–Crippen LogP) is 5.98. The lowest BCUT2D eigenvalue weighted by Crippen LogP contribution is -2.39. The molecule has 0 fully saturated rings. The van der Waals surface area contributed by atoms with E-state index in [0.717, 1.165) is 4.57 Å². The maximum absolute atomic E-state index is 14.4. The number of anilines is 1. The molecule has 3 aromatic carbocycles. The fraction of sp³-hybridized carbons (Fsp3) is 0.194. The molecule has 8 nitrogen and oxygen atoms in total. The van der Waals surface area contributed by atoms with Crippen LogP contribution in [0.4, 0.5) is 19.1 Å². The number of carbonyl (C=O) groups excluding carboxylic acids is 2. The summed E-state index contributed by atoms with van der Waals surface area (Å²) in [4.78, 5) is 44.1. The van der Waals surface area contributed by atoms with Gasteiger partial charge in [-0.2, -0.15) is 17.7 Å². The smallest absolute Gasteiger partial charge is 0.355 e. The van der Waals surface area contributed by atoms with E-state index in [1.807, 2.05) is 0 Å². The Labute approximate surface area is 259 Å². The van der Waals surface area contributed by atoms with Crippen LogP contribution in [-0.4, -0.2) is 44.9 Å². The Hall–Kier alpha value is -4.48. The van der Waals surface area contributed by atoms with Crippen molar-refractivity contribution >= 4 is 46.7 Å². The van der Waals surface area contributed by atoms with E-state index in [1.54, 1.807) is 13.0 Å². The average Bonchev–Trinajstić information content (AvgIpc) is 3.00. The number of hydrogen-bond acceptors (Lipinski definition) is 5. The number of hydrogen-bond donors (Lipinski definition) is 2. The van der Waals surface area contributed by atoms with Gasteiger partial charge in [-0.05, 0) is 48.0 Å². The summed E-state index contributed by atoms with van der Waals surface area (Å²) in [6.45, 7) is 1.52. The molecule has 0 aliphatic carbocycles. The molecule has 2 amide bonds. The number of nitrogens with one attached hydrogen (secondary N) is 2. The first-order valence-corrected chi connectivity index (χ1v) is 14.1. The predicted molar refractivity (Wildman–Crippen MR) is 161 cm³/mol. The molecule has 0 spiro atoms. The van der Waals surface area contributed by atoms with Crippen molar-refractivity contribution < 1.29 is 27.3 Å². The molecule has 0 bridgehead atoms. The normalized spacial score (nSPS) is 13.7. The molecule has 0 radical (unpaired) electrons. The van der Waals surface area contributed by atoms with Gasteiger partial charge in [0.15, 0.2) is 18.3 Å². The molecule has 0 saturated carbocycles. The summed E-state index contributed by atoms with van der Waals surface area (Å²) < 4.78 is 45.7. The first-order chi connectivity index (χ1) is 20.9. The highest BCUT2D eigenvalue weighted by atomic mass is 35.5. The van der Waals surface area contributed by atoms with Gasteiger partial charge in [-0.1, -0.05) is 53.5 Å². The van der Waals surface area contributed by atoms with Gasteiger partial charge in [0.25, 0.3) is 11.5 Å². The summed E-state index contributed by atoms with van der Waals surface area (Å²) in [6, 6.07) is 15.2. The molecule has 2 N–H and O–H groups in total. The minimum atomic E-state index is -4.76. The number of rotatable bonds is 6. The van der Waals surface area contributed by atoms with Crippen molar-refractivity contribution in [1.82, 2.24) is 14.9 Å². The molecule has 226 valence electrons. The molecule has 1 aliphatic rings. The Morgan fingerprint density at radius 1 is 0.977 bits per heavy atom. The lowest BCUT2D eigenvalue weighted by Gasteiger charge is -2.26. The SMILES string of the molecule is CNC(=O)c1ccc(-n2c(N[C@H](c3ccccc3)C(F)(F)F)nc3c(c2=O)CC(C)=[N+](C(=O)c2ccc(Cl)c(Cl)c2)C3)cc1. The summed E-state index contributed by atoms with van der Waals surface area (Å²) in [5, 5.41) is 5.39. The quantitative estimate of drug-likeness (QED) is 0.252. The third kappa shape index (κ3) is 6.11. The minimum absolute atomic E-state index is 0.0201. The number of fused-ring (bicyclic) bond motifs is 1. The third-order valence-electron chi connectivity index (χ3n) is 7.22. The lowest BCUT2D eigenvalue weighted by atomic mass is 10.0. The topological polar surface area (TPSA) is 96.1 Å². The maximum atomic E-state index is 14.4. The molecule has 0 unspecified atom stereocenters. The van der Waals surface area contributed by atoms with E-state index in [0.29, 0.717) is 11.3 Å². The van der Waals surface area contributed by atoms with Gasteiger partial charge in [0.05, 0.1) is 33.3 Å². The van der Waals surface area contributed by atoms with Crippen LogP contribution >= 0.6 is 23.2 Å². The van der Waals surface area contributed by atoms with Crippen LogP contribution in [0.3, 0.4) is 0 Å². The van der Waals surface area contributed by atoms with Crippen LogP contribution in [0.15, 0.2) is 77.6 Å². The summed E-state index contributed by atoms with van der Waals surface area (Å²) in [5.74, 6) is -1.19. The zero-order valence-corrected chi connectivity index (χ0v) is 24.9. The van der Waals surface area contributed by atoms with Crippen molar-refractivity contribution in [3.63, 3.8) is 0 Å². The van der Waals surface area contributed by atoms with Crippen LogP contribution in [0.2, 0.25) is 10.0 Å². The molecule has 0 saturated heterocycles. The molecule has 1 atom stereocenters. The lowest BCUT2D eigenvalue weighted by molar-refractivity contribution is -0.450. The zero-order valence-electron chi connectivity index (χ0n) is 23.4. The highest BCUT2D eigenvalue weighted by Gasteiger charge is 2.42. The fourth-order valence-corrected chi connectivity index (χ4v) is 5.24. The van der Waals surface area contributed by atoms with E-state index in [2.05, 4.69) is 15.6 Å². The summed E-state index contributed by atoms with van der Waals surface area (Å²) in [6.07, 6.45) is -4.74. The molecule has 1 aromatic heterocycles. The van der Waals surface area contributed by atoms with Gasteiger partial charge >= 0.3 is 12.1 Å². The Morgan fingerprint density at radius 3 is 2.25 bits per heavy atom. The van der Waals surface area contributed by atoms with Crippen molar-refractivity contribution in [3.8, 4) is 5.69 Å². The van der Waals surface area contributed by atoms with E-state index < -0.39 is 23.7 Å². The third-order valence-corrected chi connectivity index (χ3v) is 7.96. The highest BCUT2D eigenvalue weighted by molar-refractivity contribution is 6.42. The number of halogens is 5. The molecule has 5 rings (SSSR count). The Bertz CT molecular complexity index is 1860. The standard InChI is InChI=1S/C31H24Cl2F3N5O3/c1-17-14-22-25(16-40(17)28(43)20-10-13-23(32)24(33)15-20)38-30(39-26(31(34,35)36)18-6-4-3-5-7-18)41(29(22)44)21-11-8-19(9-12-21)27(42)37-2/h3-13,15,26H,14,16H2,1-2H3,(H-,37,38,39,42,44)/p+1/t26-/m1/s1. The molecule has 13 heteroatoms. The van der Waals surface area contributed by atoms with Crippen LogP contribution in [0, 0.1) is 0 Å². The van der Waals surface area contributed by atoms with Gasteiger partial charge in [-0.3, -0.25) is 9.59 Å². The second kappa shape index (κ2) is 12.3. The monoisotopic (exact) mass is 642 g/mol. The van der Waals surface area contributed by atoms with Gasteiger partial charge in [0.1, 0.15) is 5.69 Å². The molecular weight excluding hydrogens is 618 g/mol. The van der Waals surface area contributed by atoms with Crippen LogP contribution in [0.1, 0.15) is 50.5 Å². The first-order valence-electron chi connectivity index (χ1n) is 13.3. The fourth-order valence-electron chi connectivity index (χ4n) is 4.95. The molecule has 2 heterocycles. The Kier molecular flexibility index (Phi) is 8.62. The second-order valence-electron chi connectivity index (χ2n) is 10.1. The van der Waals surface area contributed by atoms with E-state index >= 15 is 0 Å². The number of aromatic nitrogens is 2. The zero-order chi connectivity index (χ0) is 31.8. The van der Waals surface area contributed by atoms with E-state index in [9.17, 15) is 27.6 Å². The van der Waals surface area contributed by atoms with Crippen molar-refractivity contribution in [2.24, 2.45) is 0 Å². The number of nitrogens with zero attached hydrogens (tertiary/aromatic N) is 3. The van der Waals surface area contributed by atoms with Gasteiger partial charge < -0.3 is 10.6 Å². The van der Waals surface area contributed by atoms with Gasteiger partial charge in [-0.15, -0.1) is 0 Å². The van der Waals surface area contributed by atoms with Crippen molar-refractivity contribution in [2.75, 3.05) is 12.4 Å². The van der Waals surface area contributed by atoms with Crippen LogP contribution in [-0.2, 0) is 13.0 Å². The van der Waals surface area contributed by atoms with E-state index in [1.165, 1.54) is 78.4 Å². The van der Waals surface area contributed by atoms with Crippen molar-refractivity contribution in [2.45, 2.75) is 32.1 Å². The summed E-state index contributed by atoms with van der Waals surface area (Å²) in [7, 11) is 1.46. The largest absolute Gasteiger partial charge is 0.419 e. The van der Waals surface area contributed by atoms with Crippen LogP contribution in [0.5, 0.6) is 0 Å². The minimum Gasteiger partial charge on any atom is -0.355 e. The van der Waals surface area contributed by atoms with Gasteiger partial charge in [0, 0.05) is 19.5 Å². The summed E-state index contributed by atoms with van der Waals surface area (Å²) in [5.41, 5.74) is 0.936. The second-order valence-corrected chi connectivity index (χ2v) is 10.9. The highest BCUT2D eigenvalue weighted by Crippen LogP contribution is 2.36. The Balaban J connectivity index is 1.64. The molecule has 4 aromatic rings. The van der Waals surface area contributed by atoms with Crippen molar-refractivity contribution in [1.29, 1.82) is 0 Å². The molecular formula is C31H25Cl2F3N5O3+. The number of alkyl halides is 3. The van der Waals surface area contributed by atoms with Crippen molar-refractivity contribution in [3.05, 3.63) is 121 Å². The van der Waals surface area contributed by atoms with Gasteiger partial charge in [0.2, 0.25) is 5.95 Å². The molecule has 1 aliphatic heterocycles. The van der Waals surface area contributed by atoms with Crippen LogP contribution in [0.25, 0.3) is 5.69 Å². The number of carbonyl (C=O) groups is 2. The van der Waals surface area contributed by atoms with E-state index in [4.69, 9.17) is 23.2 Å². The average molecular weight is 643 g/mol. The van der Waals surface area contributed by atoms with Gasteiger partial charge in [-0.25, -0.2) is 14.3 Å². The first kappa shape index (κ1) is 31.0. The molecule has 44 heavy (non-hydrogen) atoms.